The Morgan fingerprint density at radius 2 is 1.06 bits per heavy atom. The first-order valence-electron chi connectivity index (χ1n) is 21.3. The number of allylic oxidation sites excluding steroid dienone is 8. The lowest BCUT2D eigenvalue weighted by atomic mass is 9.95. The Kier molecular flexibility index (Phi) is 10.7. The van der Waals surface area contributed by atoms with Gasteiger partial charge in [-0.15, -0.1) is 0 Å². The molecule has 9 aromatic rings. The highest BCUT2D eigenvalue weighted by Gasteiger charge is 2.17. The van der Waals surface area contributed by atoms with Crippen LogP contribution in [-0.2, 0) is 0 Å². The molecule has 0 aliphatic carbocycles. The van der Waals surface area contributed by atoms with Gasteiger partial charge in [0.25, 0.3) is 0 Å². The van der Waals surface area contributed by atoms with Crippen LogP contribution < -0.4 is 9.31 Å². The maximum absolute atomic E-state index is 6.35. The molecule has 2 heterocycles. The number of benzene rings is 8. The third kappa shape index (κ3) is 7.92. The van der Waals surface area contributed by atoms with E-state index in [0.29, 0.717) is 0 Å². The number of hydrogen-bond donors (Lipinski definition) is 0. The van der Waals surface area contributed by atoms with E-state index in [2.05, 4.69) is 218 Å². The van der Waals surface area contributed by atoms with Gasteiger partial charge in [-0.1, -0.05) is 164 Å². The monoisotopic (exact) mass is 810 g/mol. The molecule has 1 aromatic heterocycles. The predicted molar refractivity (Wildman–Crippen MR) is 267 cm³/mol. The molecule has 0 saturated heterocycles. The Labute approximate surface area is 368 Å². The Morgan fingerprint density at radius 1 is 0.508 bits per heavy atom. The van der Waals surface area contributed by atoms with E-state index < -0.39 is 0 Å². The van der Waals surface area contributed by atoms with Crippen molar-refractivity contribution in [3.8, 4) is 50.3 Å². The summed E-state index contributed by atoms with van der Waals surface area (Å²) in [5.41, 5.74) is 17.0. The van der Waals surface area contributed by atoms with Gasteiger partial charge in [-0.05, 0) is 93.4 Å². The van der Waals surface area contributed by atoms with Crippen LogP contribution in [0.5, 0.6) is 5.75 Å². The van der Waals surface area contributed by atoms with Crippen LogP contribution in [0.1, 0.15) is 18.1 Å². The number of ether oxygens (including phenoxy) is 1. The lowest BCUT2D eigenvalue weighted by Gasteiger charge is -2.15. The Morgan fingerprint density at radius 3 is 1.78 bits per heavy atom. The smallest absolute Gasteiger partial charge is 0.211 e. The van der Waals surface area contributed by atoms with Crippen LogP contribution in [0.2, 0.25) is 0 Å². The first-order chi connectivity index (χ1) is 31.1. The molecule has 0 unspecified atom stereocenters. The second-order valence-electron chi connectivity index (χ2n) is 15.5. The molecule has 0 saturated carbocycles. The molecule has 300 valence electrons. The molecule has 1 aliphatic rings. The normalized spacial score (nSPS) is 14.0. The van der Waals surface area contributed by atoms with Gasteiger partial charge in [0.15, 0.2) is 6.21 Å². The van der Waals surface area contributed by atoms with E-state index in [1.54, 1.807) is 6.26 Å². The SMILES string of the molecule is C=C1/C=C\C=C/Oc2c1cccc2-c1ccc(C(/C=C\C)=C/C=[N+](c2ccc(-c3ccccc3)cc2)c2ccc(-c3ccc(-c4cccc5c4oc4ccccc45)cc3)cc2)cc1. The van der Waals surface area contributed by atoms with Crippen molar-refractivity contribution in [1.29, 1.82) is 0 Å². The highest BCUT2D eigenvalue weighted by atomic mass is 16.5. The molecule has 63 heavy (non-hydrogen) atoms. The van der Waals surface area contributed by atoms with E-state index in [9.17, 15) is 0 Å². The quantitative estimate of drug-likeness (QED) is 0.0824. The highest BCUT2D eigenvalue weighted by molar-refractivity contribution is 6.09. The van der Waals surface area contributed by atoms with Crippen molar-refractivity contribution in [3.05, 3.63) is 248 Å². The third-order valence-electron chi connectivity index (χ3n) is 11.6. The molecule has 8 aromatic carbocycles. The Bertz CT molecular complexity index is 3270. The van der Waals surface area contributed by atoms with Gasteiger partial charge in [0.05, 0.1) is 6.26 Å². The van der Waals surface area contributed by atoms with Crippen molar-refractivity contribution in [3.63, 3.8) is 0 Å². The third-order valence-corrected chi connectivity index (χ3v) is 11.6. The fourth-order valence-electron chi connectivity index (χ4n) is 8.38. The number of hydrogen-bond acceptors (Lipinski definition) is 2. The summed E-state index contributed by atoms with van der Waals surface area (Å²) in [5, 5.41) is 2.27. The molecule has 0 spiro atoms. The minimum atomic E-state index is 0.808. The van der Waals surface area contributed by atoms with Crippen molar-refractivity contribution < 1.29 is 9.15 Å². The van der Waals surface area contributed by atoms with E-state index in [1.165, 1.54) is 11.1 Å². The molecule has 0 atom stereocenters. The van der Waals surface area contributed by atoms with E-state index in [0.717, 1.165) is 94.7 Å². The zero-order valence-corrected chi connectivity index (χ0v) is 35.0. The van der Waals surface area contributed by atoms with E-state index in [4.69, 9.17) is 9.15 Å². The standard InChI is InChI=1S/C60H44NO2/c1-3-13-43(45-23-27-49(28-24-45)54-19-11-18-53-42(2)14-9-10-41-62-59(53)54)39-40-61(51-35-31-47(32-36-51)44-15-5-4-6-16-44)52-37-33-48(34-38-52)46-25-29-50(30-26-46)55-20-12-21-57-56-17-7-8-22-58(56)63-60(55)57/h3-41H,2H2,1H3/q+1/b13-3-,14-9-,41-10-,43-39+,61-40?. The van der Waals surface area contributed by atoms with Crippen molar-refractivity contribution >= 4 is 50.7 Å². The fraction of sp³-hybridized carbons (Fsp3) is 0.0167. The zero-order valence-electron chi connectivity index (χ0n) is 35.0. The number of furan rings is 1. The fourth-order valence-corrected chi connectivity index (χ4v) is 8.38. The van der Waals surface area contributed by atoms with E-state index in [-0.39, 0.29) is 0 Å². The molecule has 10 rings (SSSR count). The predicted octanol–water partition coefficient (Wildman–Crippen LogP) is 16.3. The van der Waals surface area contributed by atoms with Gasteiger partial charge in [0.1, 0.15) is 16.9 Å². The molecule has 3 heteroatoms. The molecule has 0 fully saturated rings. The van der Waals surface area contributed by atoms with Gasteiger partial charge in [-0.25, -0.2) is 0 Å². The molecule has 0 amide bonds. The number of para-hydroxylation sites is 3. The van der Waals surface area contributed by atoms with Crippen molar-refractivity contribution in [2.24, 2.45) is 0 Å². The molecule has 3 nitrogen and oxygen atoms in total. The maximum atomic E-state index is 6.35. The number of fused-ring (bicyclic) bond motifs is 4. The zero-order chi connectivity index (χ0) is 42.5. The minimum absolute atomic E-state index is 0.808. The van der Waals surface area contributed by atoms with Crippen LogP contribution in [0.25, 0.3) is 77.6 Å². The molecule has 0 bridgehead atoms. The number of rotatable bonds is 9. The van der Waals surface area contributed by atoms with Gasteiger partial charge < -0.3 is 9.15 Å². The van der Waals surface area contributed by atoms with Gasteiger partial charge in [0.2, 0.25) is 11.4 Å². The van der Waals surface area contributed by atoms with Crippen LogP contribution in [0.4, 0.5) is 11.4 Å². The summed E-state index contributed by atoms with van der Waals surface area (Å²) < 4.78 is 14.7. The summed E-state index contributed by atoms with van der Waals surface area (Å²) in [6.07, 6.45) is 16.2. The van der Waals surface area contributed by atoms with Crippen LogP contribution in [0.15, 0.2) is 242 Å². The summed E-state index contributed by atoms with van der Waals surface area (Å²) in [6, 6.07) is 66.4. The first kappa shape index (κ1) is 38.9. The van der Waals surface area contributed by atoms with E-state index in [1.807, 2.05) is 30.4 Å². The molecule has 0 N–H and O–H groups in total. The highest BCUT2D eigenvalue weighted by Crippen LogP contribution is 2.39. The second-order valence-corrected chi connectivity index (χ2v) is 15.5. The lowest BCUT2D eigenvalue weighted by molar-refractivity contribution is 0.481. The molecular weight excluding hydrogens is 767 g/mol. The van der Waals surface area contributed by atoms with Crippen molar-refractivity contribution in [2.45, 2.75) is 6.92 Å². The first-order valence-corrected chi connectivity index (χ1v) is 21.3. The summed E-state index contributed by atoms with van der Waals surface area (Å²) in [7, 11) is 0. The summed E-state index contributed by atoms with van der Waals surface area (Å²) in [5.74, 6) is 0.808. The van der Waals surface area contributed by atoms with Crippen LogP contribution in [0.3, 0.4) is 0 Å². The van der Waals surface area contributed by atoms with Gasteiger partial charge in [0, 0.05) is 57.8 Å². The average Bonchev–Trinajstić information content (AvgIpc) is 3.73. The summed E-state index contributed by atoms with van der Waals surface area (Å²) in [4.78, 5) is 0. The summed E-state index contributed by atoms with van der Waals surface area (Å²) in [6.45, 7) is 6.32. The van der Waals surface area contributed by atoms with Crippen LogP contribution >= 0.6 is 0 Å². The van der Waals surface area contributed by atoms with Crippen molar-refractivity contribution in [2.75, 3.05) is 0 Å². The Balaban J connectivity index is 0.977. The minimum Gasteiger partial charge on any atom is -0.464 e. The van der Waals surface area contributed by atoms with Gasteiger partial charge in [-0.3, -0.25) is 0 Å². The van der Waals surface area contributed by atoms with Gasteiger partial charge >= 0.3 is 0 Å². The van der Waals surface area contributed by atoms with Crippen LogP contribution in [0, 0.1) is 0 Å². The maximum Gasteiger partial charge on any atom is 0.211 e. The van der Waals surface area contributed by atoms with Gasteiger partial charge in [-0.2, -0.15) is 4.58 Å². The summed E-state index contributed by atoms with van der Waals surface area (Å²) >= 11 is 0. The number of nitrogens with zero attached hydrogens (tertiary/aromatic N) is 1. The van der Waals surface area contributed by atoms with Crippen molar-refractivity contribution in [1.82, 2.24) is 4.58 Å². The second kappa shape index (κ2) is 17.4. The van der Waals surface area contributed by atoms with E-state index >= 15 is 0 Å². The molecule has 1 aliphatic heterocycles. The largest absolute Gasteiger partial charge is 0.464 e. The average molecular weight is 811 g/mol. The molecule has 0 radical (unpaired) electrons. The molecular formula is C60H44NO2+. The Hall–Kier alpha value is -8.27. The topological polar surface area (TPSA) is 25.4 Å². The van der Waals surface area contributed by atoms with Crippen LogP contribution in [-0.4, -0.2) is 6.21 Å². The lowest BCUT2D eigenvalue weighted by Crippen LogP contribution is -2.05.